The molecule has 0 aliphatic heterocycles. The van der Waals surface area contributed by atoms with Gasteiger partial charge in [-0.15, -0.1) is 0 Å². The quantitative estimate of drug-likeness (QED) is 0.0889. The molecule has 0 N–H and O–H groups in total. The fraction of sp³-hybridized carbons (Fsp3) is 0.722. The Labute approximate surface area is 276 Å². The molecule has 0 aliphatic rings. The Hall–Kier alpha value is 0.737. The van der Waals surface area contributed by atoms with Crippen molar-refractivity contribution in [1.82, 2.24) is 0 Å². The molecule has 1 aromatic carbocycles. The van der Waals surface area contributed by atoms with Crippen molar-refractivity contribution in [2.75, 3.05) is 0 Å². The molecule has 4 heteroatoms. The van der Waals surface area contributed by atoms with Crippen LogP contribution in [0.15, 0.2) is 24.3 Å². The van der Waals surface area contributed by atoms with Crippen LogP contribution in [0.1, 0.15) is 157 Å². The zero-order chi connectivity index (χ0) is 28.8. The zero-order valence-corrected chi connectivity index (χ0v) is 34.2. The Morgan fingerprint density at radius 2 is 0.725 bits per heavy atom. The van der Waals surface area contributed by atoms with Gasteiger partial charge < -0.3 is 0 Å². The average molecular weight is 792 g/mol. The van der Waals surface area contributed by atoms with E-state index in [9.17, 15) is 0 Å². The van der Waals surface area contributed by atoms with Crippen LogP contribution in [-0.2, 0) is 0 Å². The molecule has 0 nitrogen and oxygen atoms in total. The van der Waals surface area contributed by atoms with Gasteiger partial charge in [-0.05, 0) is 0 Å². The van der Waals surface area contributed by atoms with Crippen LogP contribution in [-0.4, -0.2) is 42.3 Å². The van der Waals surface area contributed by atoms with Gasteiger partial charge in [-0.3, -0.25) is 0 Å². The predicted octanol–water partition coefficient (Wildman–Crippen LogP) is 12.2. The molecule has 0 fully saturated rings. The van der Waals surface area contributed by atoms with Gasteiger partial charge in [-0.1, -0.05) is 0 Å². The van der Waals surface area contributed by atoms with Gasteiger partial charge in [0.1, 0.15) is 0 Å². The van der Waals surface area contributed by atoms with Crippen molar-refractivity contribution in [3.8, 4) is 0 Å². The Morgan fingerprint density at radius 1 is 0.450 bits per heavy atom. The average Bonchev–Trinajstić information content (AvgIpc) is 3.54. The van der Waals surface area contributed by atoms with Gasteiger partial charge in [0.25, 0.3) is 0 Å². The van der Waals surface area contributed by atoms with E-state index in [4.69, 9.17) is 0 Å². The third-order valence-electron chi connectivity index (χ3n) is 8.99. The van der Waals surface area contributed by atoms with Gasteiger partial charge in [-0.2, -0.15) is 0 Å². The molecule has 3 rings (SSSR count). The van der Waals surface area contributed by atoms with Gasteiger partial charge in [0.2, 0.25) is 0 Å². The molecule has 0 saturated heterocycles. The number of fused-ring (bicyclic) bond motifs is 2. The second-order valence-corrected chi connectivity index (χ2v) is 27.4. The zero-order valence-electron chi connectivity index (χ0n) is 26.9. The fourth-order valence-electron chi connectivity index (χ4n) is 6.43. The van der Waals surface area contributed by atoms with Crippen LogP contribution in [0.5, 0.6) is 0 Å². The van der Waals surface area contributed by atoms with Crippen LogP contribution < -0.4 is 5.79 Å². The number of unbranched alkanes of at least 4 members (excludes halogenated alkanes) is 6. The first-order valence-corrected chi connectivity index (χ1v) is 24.3. The molecular weight excluding hydrogens is 734 g/mol. The summed E-state index contributed by atoms with van der Waals surface area (Å²) in [5.74, 6) is 0. The van der Waals surface area contributed by atoms with E-state index in [-0.39, 0.29) is 0 Å². The summed E-state index contributed by atoms with van der Waals surface area (Å²) in [6.07, 6.45) is 25.6. The van der Waals surface area contributed by atoms with E-state index < -0.39 is 42.3 Å². The topological polar surface area (TPSA) is 0 Å². The second-order valence-electron chi connectivity index (χ2n) is 12.6. The molecule has 2 heterocycles. The number of benzene rings is 1. The summed E-state index contributed by atoms with van der Waals surface area (Å²) < 4.78 is 8.14. The third-order valence-corrected chi connectivity index (χ3v) is 23.5. The maximum atomic E-state index is 2.66. The van der Waals surface area contributed by atoms with E-state index in [1.165, 1.54) is 116 Å². The Kier molecular flexibility index (Phi) is 16.3. The Balaban J connectivity index is 1.88. The molecule has 0 spiro atoms. The molecule has 222 valence electrons. The van der Waals surface area contributed by atoms with Crippen molar-refractivity contribution >= 4 is 90.9 Å². The van der Waals surface area contributed by atoms with Crippen molar-refractivity contribution in [1.29, 1.82) is 0 Å². The first-order valence-electron chi connectivity index (χ1n) is 17.0. The number of hydrogen-bond donors (Lipinski definition) is 0. The summed E-state index contributed by atoms with van der Waals surface area (Å²) in [6, 6.07) is 10.5. The van der Waals surface area contributed by atoms with E-state index in [0.29, 0.717) is 6.86 Å². The number of thiophene rings is 2. The van der Waals surface area contributed by atoms with Gasteiger partial charge in [0.15, 0.2) is 0 Å². The minimum absolute atomic E-state index is 0.648. The van der Waals surface area contributed by atoms with E-state index in [2.05, 4.69) is 88.5 Å². The SMILES string of the molecule is CCCC[C](CCCC)(CCCC)[Sn][c]1cc2cc3s[c]([Sn][C](CCCC)(CCCC)CCCC)cc3cc2s1. The first-order chi connectivity index (χ1) is 19.5. The summed E-state index contributed by atoms with van der Waals surface area (Å²) in [7, 11) is 0. The summed E-state index contributed by atoms with van der Waals surface area (Å²) in [6.45, 7) is 14.3. The molecule has 3 aromatic rings. The Bertz CT molecular complexity index is 933. The van der Waals surface area contributed by atoms with Gasteiger partial charge in [-0.25, -0.2) is 0 Å². The van der Waals surface area contributed by atoms with Crippen LogP contribution in [0.2, 0.25) is 6.86 Å². The van der Waals surface area contributed by atoms with Crippen LogP contribution in [0.4, 0.5) is 0 Å². The molecule has 0 saturated carbocycles. The summed E-state index contributed by atoms with van der Waals surface area (Å²) >= 11 is 3.08. The van der Waals surface area contributed by atoms with Crippen LogP contribution in [0, 0.1) is 0 Å². The number of hydrogen-bond acceptors (Lipinski definition) is 2. The number of rotatable bonds is 22. The van der Waals surface area contributed by atoms with Crippen LogP contribution >= 0.6 is 22.7 Å². The standard InChI is InChI=1S/2C13H27.C10H4S2.2Sn/c2*1-4-7-10-13(11-8-5-2)12-9-6-3;1-3-11-9-6-8-2-4-12-10(8)5-7(1)9;;/h2*4-12H2,1-3H3;1-2,5-6H;;. The van der Waals surface area contributed by atoms with Crippen molar-refractivity contribution in [3.05, 3.63) is 24.3 Å². The molecule has 4 radical (unpaired) electrons. The van der Waals surface area contributed by atoms with E-state index in [0.717, 1.165) is 0 Å². The van der Waals surface area contributed by atoms with E-state index in [1.54, 1.807) is 20.2 Å². The molecule has 0 aliphatic carbocycles. The Morgan fingerprint density at radius 3 is 0.975 bits per heavy atom. The van der Waals surface area contributed by atoms with Crippen molar-refractivity contribution in [2.45, 2.75) is 164 Å². The maximum absolute atomic E-state index is 2.66. The third kappa shape index (κ3) is 10.4. The summed E-state index contributed by atoms with van der Waals surface area (Å²) in [4.78, 5) is 0. The molecule has 0 amide bonds. The molecule has 0 unspecified atom stereocenters. The van der Waals surface area contributed by atoms with Gasteiger partial charge in [0.05, 0.1) is 0 Å². The van der Waals surface area contributed by atoms with Crippen molar-refractivity contribution in [3.63, 3.8) is 0 Å². The molecule has 2 aromatic heterocycles. The fourth-order valence-corrected chi connectivity index (χ4v) is 23.3. The van der Waals surface area contributed by atoms with Crippen molar-refractivity contribution in [2.24, 2.45) is 0 Å². The van der Waals surface area contributed by atoms with E-state index in [1.807, 2.05) is 5.79 Å². The minimum atomic E-state index is -0.648. The molecule has 0 bridgehead atoms. The first kappa shape index (κ1) is 35.2. The van der Waals surface area contributed by atoms with Crippen LogP contribution in [0.25, 0.3) is 20.2 Å². The summed E-state index contributed by atoms with van der Waals surface area (Å²) in [5, 5.41) is 3.11. The van der Waals surface area contributed by atoms with Gasteiger partial charge in [0, 0.05) is 0 Å². The van der Waals surface area contributed by atoms with E-state index >= 15 is 0 Å². The molecular formula is C36H58S2Sn2. The monoisotopic (exact) mass is 794 g/mol. The van der Waals surface area contributed by atoms with Crippen LogP contribution in [0.3, 0.4) is 0 Å². The summed E-state index contributed by atoms with van der Waals surface area (Å²) in [5.41, 5.74) is 0. The predicted molar refractivity (Wildman–Crippen MR) is 191 cm³/mol. The van der Waals surface area contributed by atoms with Crippen molar-refractivity contribution < 1.29 is 0 Å². The molecule has 40 heavy (non-hydrogen) atoms. The molecule has 0 atom stereocenters. The normalized spacial score (nSPS) is 12.8. The van der Waals surface area contributed by atoms with Gasteiger partial charge >= 0.3 is 279 Å². The second kappa shape index (κ2) is 18.5.